The van der Waals surface area contributed by atoms with Crippen LogP contribution in [0, 0.1) is 11.8 Å². The third kappa shape index (κ3) is 13.0. The van der Waals surface area contributed by atoms with Gasteiger partial charge in [-0.1, -0.05) is 44.9 Å². The maximum absolute atomic E-state index is 10.4. The van der Waals surface area contributed by atoms with Gasteiger partial charge in [0, 0.05) is 19.8 Å². The summed E-state index contributed by atoms with van der Waals surface area (Å²) in [7, 11) is 0. The van der Waals surface area contributed by atoms with Crippen LogP contribution in [0.25, 0.3) is 0 Å². The van der Waals surface area contributed by atoms with E-state index in [0.29, 0.717) is 13.0 Å². The highest BCUT2D eigenvalue weighted by molar-refractivity contribution is 5.65. The molecule has 0 aromatic heterocycles. The van der Waals surface area contributed by atoms with Gasteiger partial charge in [0.05, 0.1) is 0 Å². The number of carbonyl (C=O) groups excluding carboxylic acids is 1. The second kappa shape index (κ2) is 12.1. The summed E-state index contributed by atoms with van der Waals surface area (Å²) in [5.74, 6) is 5.90. The minimum absolute atomic E-state index is 0.224. The first kappa shape index (κ1) is 15.0. The van der Waals surface area contributed by atoms with Gasteiger partial charge in [-0.3, -0.25) is 4.79 Å². The van der Waals surface area contributed by atoms with Gasteiger partial charge in [0.1, 0.15) is 6.61 Å². The van der Waals surface area contributed by atoms with Crippen molar-refractivity contribution in [3.05, 3.63) is 0 Å². The molecule has 0 aromatic carbocycles. The van der Waals surface area contributed by atoms with Crippen LogP contribution in [-0.4, -0.2) is 12.6 Å². The molecule has 0 saturated carbocycles. The predicted octanol–water partition coefficient (Wildman–Crippen LogP) is 3.69. The van der Waals surface area contributed by atoms with Crippen molar-refractivity contribution in [2.24, 2.45) is 0 Å². The van der Waals surface area contributed by atoms with E-state index in [9.17, 15) is 4.79 Å². The zero-order chi connectivity index (χ0) is 12.1. The van der Waals surface area contributed by atoms with Crippen LogP contribution in [0.5, 0.6) is 0 Å². The first-order valence-electron chi connectivity index (χ1n) is 6.36. The molecule has 0 atom stereocenters. The van der Waals surface area contributed by atoms with E-state index in [-0.39, 0.29) is 5.97 Å². The van der Waals surface area contributed by atoms with Crippen LogP contribution in [0.1, 0.15) is 65.2 Å². The van der Waals surface area contributed by atoms with Crippen LogP contribution < -0.4 is 0 Å². The van der Waals surface area contributed by atoms with Crippen LogP contribution in [0.2, 0.25) is 0 Å². The summed E-state index contributed by atoms with van der Waals surface area (Å²) in [5, 5.41) is 0. The molecule has 0 fully saturated rings. The van der Waals surface area contributed by atoms with Crippen molar-refractivity contribution in [1.29, 1.82) is 0 Å². The fraction of sp³-hybridized carbons (Fsp3) is 0.786. The Kier molecular flexibility index (Phi) is 11.4. The summed E-state index contributed by atoms with van der Waals surface area (Å²) >= 11 is 0. The fourth-order valence-electron chi connectivity index (χ4n) is 1.42. The topological polar surface area (TPSA) is 26.3 Å². The van der Waals surface area contributed by atoms with Crippen molar-refractivity contribution in [3.63, 3.8) is 0 Å². The normalized spacial score (nSPS) is 9.38. The minimum atomic E-state index is -0.224. The van der Waals surface area contributed by atoms with Gasteiger partial charge in [0.15, 0.2) is 0 Å². The number of unbranched alkanes of at least 4 members (excludes halogenated alkanes) is 6. The Hall–Kier alpha value is -0.970. The Morgan fingerprint density at radius 2 is 1.62 bits per heavy atom. The van der Waals surface area contributed by atoms with Crippen molar-refractivity contribution in [2.75, 3.05) is 6.61 Å². The number of hydrogen-bond acceptors (Lipinski definition) is 2. The predicted molar refractivity (Wildman–Crippen MR) is 67.0 cm³/mol. The molecule has 0 N–H and O–H groups in total. The highest BCUT2D eigenvalue weighted by Crippen LogP contribution is 2.06. The number of ether oxygens (including phenoxy) is 1. The molecule has 2 heteroatoms. The standard InChI is InChI=1S/C14H24O2/c1-3-4-5-6-7-8-9-10-11-12-13-16-14(2)15/h3-9,12-13H2,1-2H3. The average molecular weight is 224 g/mol. The van der Waals surface area contributed by atoms with Crippen molar-refractivity contribution >= 4 is 5.97 Å². The lowest BCUT2D eigenvalue weighted by atomic mass is 10.1. The summed E-state index contributed by atoms with van der Waals surface area (Å²) in [6, 6.07) is 0. The highest BCUT2D eigenvalue weighted by atomic mass is 16.5. The van der Waals surface area contributed by atoms with Crippen molar-refractivity contribution < 1.29 is 9.53 Å². The highest BCUT2D eigenvalue weighted by Gasteiger charge is 1.89. The van der Waals surface area contributed by atoms with E-state index < -0.39 is 0 Å². The lowest BCUT2D eigenvalue weighted by molar-refractivity contribution is -0.140. The molecular weight excluding hydrogens is 200 g/mol. The van der Waals surface area contributed by atoms with Crippen molar-refractivity contribution in [1.82, 2.24) is 0 Å². The van der Waals surface area contributed by atoms with Crippen LogP contribution in [-0.2, 0) is 9.53 Å². The Morgan fingerprint density at radius 3 is 2.31 bits per heavy atom. The summed E-state index contributed by atoms with van der Waals surface area (Å²) < 4.78 is 4.77. The molecule has 16 heavy (non-hydrogen) atoms. The van der Waals surface area contributed by atoms with Crippen LogP contribution >= 0.6 is 0 Å². The Bertz CT molecular complexity index is 223. The molecule has 0 aliphatic rings. The van der Waals surface area contributed by atoms with E-state index >= 15 is 0 Å². The first-order valence-corrected chi connectivity index (χ1v) is 6.36. The number of carbonyl (C=O) groups is 1. The molecule has 0 heterocycles. The van der Waals surface area contributed by atoms with Gasteiger partial charge in [-0.05, 0) is 6.42 Å². The van der Waals surface area contributed by atoms with Crippen LogP contribution in [0.15, 0.2) is 0 Å². The largest absolute Gasteiger partial charge is 0.465 e. The zero-order valence-corrected chi connectivity index (χ0v) is 10.7. The van der Waals surface area contributed by atoms with Gasteiger partial charge in [0.2, 0.25) is 0 Å². The zero-order valence-electron chi connectivity index (χ0n) is 10.7. The van der Waals surface area contributed by atoms with Gasteiger partial charge < -0.3 is 4.74 Å². The number of esters is 1. The van der Waals surface area contributed by atoms with E-state index in [1.807, 2.05) is 0 Å². The summed E-state index contributed by atoms with van der Waals surface area (Å²) in [6.07, 6.45) is 9.48. The summed E-state index contributed by atoms with van der Waals surface area (Å²) in [6.45, 7) is 4.08. The van der Waals surface area contributed by atoms with Gasteiger partial charge in [-0.25, -0.2) is 0 Å². The third-order valence-electron chi connectivity index (χ3n) is 2.31. The monoisotopic (exact) mass is 224 g/mol. The summed E-state index contributed by atoms with van der Waals surface area (Å²) in [4.78, 5) is 10.4. The van der Waals surface area contributed by atoms with Gasteiger partial charge in [-0.2, -0.15) is 0 Å². The minimum Gasteiger partial charge on any atom is -0.465 e. The van der Waals surface area contributed by atoms with Gasteiger partial charge >= 0.3 is 5.97 Å². The number of hydrogen-bond donors (Lipinski definition) is 0. The van der Waals surface area contributed by atoms with E-state index in [1.54, 1.807) is 0 Å². The molecule has 0 unspecified atom stereocenters. The van der Waals surface area contributed by atoms with Crippen LogP contribution in [0.3, 0.4) is 0 Å². The molecular formula is C14H24O2. The van der Waals surface area contributed by atoms with E-state index in [2.05, 4.69) is 18.8 Å². The van der Waals surface area contributed by atoms with Crippen molar-refractivity contribution in [2.45, 2.75) is 65.2 Å². The lowest BCUT2D eigenvalue weighted by Gasteiger charge is -1.96. The second-order valence-corrected chi connectivity index (χ2v) is 3.96. The second-order valence-electron chi connectivity index (χ2n) is 3.96. The smallest absolute Gasteiger partial charge is 0.302 e. The van der Waals surface area contributed by atoms with Crippen LogP contribution in [0.4, 0.5) is 0 Å². The summed E-state index contributed by atoms with van der Waals surface area (Å²) in [5.41, 5.74) is 0. The quantitative estimate of drug-likeness (QED) is 0.357. The molecule has 0 rings (SSSR count). The molecule has 0 aromatic rings. The van der Waals surface area contributed by atoms with E-state index in [4.69, 9.17) is 4.74 Å². The average Bonchev–Trinajstić information content (AvgIpc) is 2.25. The van der Waals surface area contributed by atoms with Crippen molar-refractivity contribution in [3.8, 4) is 11.8 Å². The molecule has 92 valence electrons. The molecule has 0 saturated heterocycles. The molecule has 0 radical (unpaired) electrons. The molecule has 0 bridgehead atoms. The maximum atomic E-state index is 10.4. The van der Waals surface area contributed by atoms with Gasteiger partial charge in [0.25, 0.3) is 0 Å². The number of rotatable bonds is 8. The molecule has 0 amide bonds. The fourth-order valence-corrected chi connectivity index (χ4v) is 1.42. The maximum Gasteiger partial charge on any atom is 0.302 e. The SMILES string of the molecule is CCCCCCCCC#CCCOC(C)=O. The van der Waals surface area contributed by atoms with Gasteiger partial charge in [-0.15, -0.1) is 5.92 Å². The molecule has 0 aliphatic heterocycles. The molecule has 0 aliphatic carbocycles. The Balaban J connectivity index is 3.12. The Labute approximate surface area is 99.8 Å². The van der Waals surface area contributed by atoms with E-state index in [1.165, 1.54) is 45.4 Å². The first-order chi connectivity index (χ1) is 7.77. The lowest BCUT2D eigenvalue weighted by Crippen LogP contribution is -1.98. The Morgan fingerprint density at radius 1 is 1.00 bits per heavy atom. The van der Waals surface area contributed by atoms with E-state index in [0.717, 1.165) is 6.42 Å². The molecule has 0 spiro atoms. The third-order valence-corrected chi connectivity index (χ3v) is 2.31. The molecule has 2 nitrogen and oxygen atoms in total.